The summed E-state index contributed by atoms with van der Waals surface area (Å²) in [5.41, 5.74) is 0.0588. The predicted molar refractivity (Wildman–Crippen MR) is 83.0 cm³/mol. The molecule has 0 bridgehead atoms. The highest BCUT2D eigenvalue weighted by Crippen LogP contribution is 2.32. The Kier molecular flexibility index (Phi) is 4.91. The second-order valence-electron chi connectivity index (χ2n) is 6.18. The van der Waals surface area contributed by atoms with E-state index in [1.807, 2.05) is 7.05 Å². The first-order valence-corrected chi connectivity index (χ1v) is 8.67. The number of sulfonamides is 1. The van der Waals surface area contributed by atoms with Crippen molar-refractivity contribution in [2.75, 3.05) is 33.3 Å². The smallest absolute Gasteiger partial charge is 0.243 e. The molecular formula is C15H24N2O3S. The Labute approximate surface area is 127 Å². The van der Waals surface area contributed by atoms with Crippen molar-refractivity contribution in [2.45, 2.75) is 25.2 Å². The van der Waals surface area contributed by atoms with Gasteiger partial charge in [-0.05, 0) is 43.1 Å². The Hall–Kier alpha value is -1.11. The van der Waals surface area contributed by atoms with Crippen LogP contribution in [0.1, 0.15) is 20.3 Å². The van der Waals surface area contributed by atoms with Crippen molar-refractivity contribution in [3.63, 3.8) is 0 Å². The van der Waals surface area contributed by atoms with Gasteiger partial charge >= 0.3 is 0 Å². The van der Waals surface area contributed by atoms with E-state index in [1.54, 1.807) is 28.6 Å². The Morgan fingerprint density at radius 1 is 1.29 bits per heavy atom. The monoisotopic (exact) mass is 312 g/mol. The quantitative estimate of drug-likeness (QED) is 0.812. The molecule has 1 aromatic rings. The molecule has 2 rings (SSSR count). The largest absolute Gasteiger partial charge is 0.492 e. The molecule has 1 fully saturated rings. The van der Waals surface area contributed by atoms with E-state index in [-0.39, 0.29) is 5.41 Å². The molecule has 6 heteroatoms. The summed E-state index contributed by atoms with van der Waals surface area (Å²) in [5, 5.41) is 2.99. The highest BCUT2D eigenvalue weighted by molar-refractivity contribution is 7.89. The molecule has 1 aliphatic heterocycles. The van der Waals surface area contributed by atoms with Crippen LogP contribution < -0.4 is 10.1 Å². The summed E-state index contributed by atoms with van der Waals surface area (Å²) in [7, 11) is -1.53. The molecule has 0 aromatic heterocycles. The van der Waals surface area contributed by atoms with Crippen LogP contribution >= 0.6 is 0 Å². The Morgan fingerprint density at radius 3 is 2.48 bits per heavy atom. The van der Waals surface area contributed by atoms with Gasteiger partial charge in [-0.3, -0.25) is 0 Å². The molecule has 5 nitrogen and oxygen atoms in total. The van der Waals surface area contributed by atoms with Gasteiger partial charge in [0.25, 0.3) is 0 Å². The summed E-state index contributed by atoms with van der Waals surface area (Å²) in [6, 6.07) is 6.66. The molecule has 0 amide bonds. The van der Waals surface area contributed by atoms with E-state index >= 15 is 0 Å². The molecule has 1 heterocycles. The van der Waals surface area contributed by atoms with Gasteiger partial charge in [0.05, 0.1) is 4.90 Å². The molecule has 21 heavy (non-hydrogen) atoms. The van der Waals surface area contributed by atoms with E-state index in [0.29, 0.717) is 30.3 Å². The third-order valence-electron chi connectivity index (χ3n) is 3.72. The number of nitrogens with zero attached hydrogens (tertiary/aromatic N) is 1. The maximum absolute atomic E-state index is 12.6. The van der Waals surface area contributed by atoms with E-state index in [4.69, 9.17) is 4.74 Å². The Balaban J connectivity index is 2.07. The summed E-state index contributed by atoms with van der Waals surface area (Å²) in [6.07, 6.45) is 0.900. The number of hydrogen-bond acceptors (Lipinski definition) is 4. The summed E-state index contributed by atoms with van der Waals surface area (Å²) in [6.45, 7) is 6.68. The third-order valence-corrected chi connectivity index (χ3v) is 5.58. The van der Waals surface area contributed by atoms with Crippen LogP contribution in [0.4, 0.5) is 0 Å². The first kappa shape index (κ1) is 16.3. The Morgan fingerprint density at radius 2 is 1.95 bits per heavy atom. The zero-order valence-corrected chi connectivity index (χ0v) is 13.7. The van der Waals surface area contributed by atoms with E-state index < -0.39 is 10.0 Å². The fourth-order valence-corrected chi connectivity index (χ4v) is 4.03. The number of likely N-dealkylation sites (N-methyl/N-ethyl adjacent to an activating group) is 1. The molecule has 0 unspecified atom stereocenters. The molecular weight excluding hydrogens is 288 g/mol. The van der Waals surface area contributed by atoms with Gasteiger partial charge in [-0.2, -0.15) is 4.31 Å². The number of ether oxygens (including phenoxy) is 1. The lowest BCUT2D eigenvalue weighted by molar-refractivity contribution is 0.318. The van der Waals surface area contributed by atoms with E-state index in [9.17, 15) is 8.42 Å². The van der Waals surface area contributed by atoms with Crippen molar-refractivity contribution in [1.29, 1.82) is 0 Å². The lowest BCUT2D eigenvalue weighted by atomic mass is 9.93. The predicted octanol–water partition coefficient (Wildman–Crippen LogP) is 1.71. The van der Waals surface area contributed by atoms with Crippen LogP contribution in [0.15, 0.2) is 29.2 Å². The van der Waals surface area contributed by atoms with Gasteiger partial charge < -0.3 is 10.1 Å². The molecule has 0 atom stereocenters. The average Bonchev–Trinajstić information content (AvgIpc) is 2.81. The minimum Gasteiger partial charge on any atom is -0.492 e. The van der Waals surface area contributed by atoms with Gasteiger partial charge in [-0.15, -0.1) is 0 Å². The van der Waals surface area contributed by atoms with Gasteiger partial charge in [-0.1, -0.05) is 13.8 Å². The van der Waals surface area contributed by atoms with Crippen molar-refractivity contribution in [3.8, 4) is 5.75 Å². The lowest BCUT2D eigenvalue weighted by Gasteiger charge is -2.19. The van der Waals surface area contributed by atoms with Crippen molar-refractivity contribution in [3.05, 3.63) is 24.3 Å². The molecule has 0 saturated carbocycles. The first-order valence-electron chi connectivity index (χ1n) is 7.23. The highest BCUT2D eigenvalue weighted by atomic mass is 32.2. The average molecular weight is 312 g/mol. The summed E-state index contributed by atoms with van der Waals surface area (Å²) in [4.78, 5) is 0.334. The molecule has 1 N–H and O–H groups in total. The molecule has 0 radical (unpaired) electrons. The SMILES string of the molecule is CNCCOc1ccc(S(=O)(=O)N2CCC(C)(C)C2)cc1. The maximum atomic E-state index is 12.6. The zero-order valence-electron chi connectivity index (χ0n) is 12.9. The van der Waals surface area contributed by atoms with Gasteiger partial charge in [-0.25, -0.2) is 8.42 Å². The van der Waals surface area contributed by atoms with E-state index in [1.165, 1.54) is 0 Å². The van der Waals surface area contributed by atoms with Crippen LogP contribution in [0.5, 0.6) is 5.75 Å². The minimum atomic E-state index is -3.39. The number of benzene rings is 1. The lowest BCUT2D eigenvalue weighted by Crippen LogP contribution is -2.30. The normalized spacial score (nSPS) is 18.8. The number of hydrogen-bond donors (Lipinski definition) is 1. The topological polar surface area (TPSA) is 58.6 Å². The van der Waals surface area contributed by atoms with Crippen molar-refractivity contribution in [2.24, 2.45) is 5.41 Å². The minimum absolute atomic E-state index is 0.0588. The van der Waals surface area contributed by atoms with Crippen LogP contribution in [0.2, 0.25) is 0 Å². The second-order valence-corrected chi connectivity index (χ2v) is 8.11. The standard InChI is InChI=1S/C15H24N2O3S/c1-15(2)8-10-17(12-15)21(18,19)14-6-4-13(5-7-14)20-11-9-16-3/h4-7,16H,8-12H2,1-3H3. The molecule has 1 aromatic carbocycles. The van der Waals surface area contributed by atoms with Crippen molar-refractivity contribution in [1.82, 2.24) is 9.62 Å². The fraction of sp³-hybridized carbons (Fsp3) is 0.600. The first-order chi connectivity index (χ1) is 9.85. The maximum Gasteiger partial charge on any atom is 0.243 e. The molecule has 1 saturated heterocycles. The van der Waals surface area contributed by atoms with Gasteiger partial charge in [0.15, 0.2) is 0 Å². The van der Waals surface area contributed by atoms with E-state index in [0.717, 1.165) is 13.0 Å². The van der Waals surface area contributed by atoms with E-state index in [2.05, 4.69) is 19.2 Å². The van der Waals surface area contributed by atoms with Crippen molar-refractivity contribution < 1.29 is 13.2 Å². The molecule has 0 aliphatic carbocycles. The molecule has 118 valence electrons. The fourth-order valence-electron chi connectivity index (χ4n) is 2.40. The van der Waals surface area contributed by atoms with Crippen LogP contribution in [0.3, 0.4) is 0 Å². The van der Waals surface area contributed by atoms with Crippen LogP contribution in [0, 0.1) is 5.41 Å². The van der Waals surface area contributed by atoms with Crippen LogP contribution in [0.25, 0.3) is 0 Å². The summed E-state index contributed by atoms with van der Waals surface area (Å²) < 4.78 is 32.2. The van der Waals surface area contributed by atoms with Gasteiger partial charge in [0, 0.05) is 19.6 Å². The number of rotatable bonds is 6. The highest BCUT2D eigenvalue weighted by Gasteiger charge is 2.36. The van der Waals surface area contributed by atoms with Crippen molar-refractivity contribution >= 4 is 10.0 Å². The summed E-state index contributed by atoms with van der Waals surface area (Å²) >= 11 is 0. The van der Waals surface area contributed by atoms with Gasteiger partial charge in [0.2, 0.25) is 10.0 Å². The summed E-state index contributed by atoms with van der Waals surface area (Å²) in [5.74, 6) is 0.686. The van der Waals surface area contributed by atoms with Crippen LogP contribution in [-0.4, -0.2) is 46.0 Å². The van der Waals surface area contributed by atoms with Gasteiger partial charge in [0.1, 0.15) is 12.4 Å². The molecule has 0 spiro atoms. The third kappa shape index (κ3) is 3.96. The van der Waals surface area contributed by atoms with Crippen LogP contribution in [-0.2, 0) is 10.0 Å². The molecule has 1 aliphatic rings. The second kappa shape index (κ2) is 6.34. The zero-order chi connectivity index (χ0) is 15.5. The Bertz CT molecular complexity index is 567. The number of nitrogens with one attached hydrogen (secondary N) is 1.